The van der Waals surface area contributed by atoms with Crippen molar-refractivity contribution in [1.29, 1.82) is 0 Å². The van der Waals surface area contributed by atoms with Gasteiger partial charge in [-0.25, -0.2) is 8.42 Å². The van der Waals surface area contributed by atoms with E-state index in [2.05, 4.69) is 20.7 Å². The van der Waals surface area contributed by atoms with Crippen LogP contribution in [-0.2, 0) is 10.0 Å². The van der Waals surface area contributed by atoms with E-state index in [0.717, 1.165) is 0 Å². The van der Waals surface area contributed by atoms with Gasteiger partial charge in [0.2, 0.25) is 0 Å². The van der Waals surface area contributed by atoms with E-state index in [9.17, 15) is 8.42 Å². The van der Waals surface area contributed by atoms with Gasteiger partial charge in [0.05, 0.1) is 10.6 Å². The predicted octanol–water partition coefficient (Wildman–Crippen LogP) is 3.61. The molecule has 2 aromatic rings. The van der Waals surface area contributed by atoms with E-state index >= 15 is 0 Å². The van der Waals surface area contributed by atoms with Gasteiger partial charge < -0.3 is 5.11 Å². The molecule has 0 aromatic heterocycles. The lowest BCUT2D eigenvalue weighted by Gasteiger charge is -2.10. The summed E-state index contributed by atoms with van der Waals surface area (Å²) < 4.78 is 27.2. The maximum absolute atomic E-state index is 12.1. The number of halogens is 2. The summed E-state index contributed by atoms with van der Waals surface area (Å²) in [4.78, 5) is 0.0529. The quantitative estimate of drug-likeness (QED) is 0.876. The molecule has 2 rings (SSSR count). The molecule has 0 bridgehead atoms. The third-order valence-corrected chi connectivity index (χ3v) is 4.63. The van der Waals surface area contributed by atoms with Gasteiger partial charge in [0.15, 0.2) is 0 Å². The monoisotopic (exact) mass is 361 g/mol. The van der Waals surface area contributed by atoms with Gasteiger partial charge >= 0.3 is 0 Å². The normalized spacial score (nSPS) is 11.3. The summed E-state index contributed by atoms with van der Waals surface area (Å²) in [6.45, 7) is 0. The second-order valence-corrected chi connectivity index (χ2v) is 6.70. The van der Waals surface area contributed by atoms with Gasteiger partial charge in [-0.1, -0.05) is 11.6 Å². The molecule has 0 saturated heterocycles. The van der Waals surface area contributed by atoms with Crippen molar-refractivity contribution in [3.05, 3.63) is 52.0 Å². The first-order valence-electron chi connectivity index (χ1n) is 5.15. The molecule has 0 amide bonds. The number of phenolic OH excluding ortho intramolecular Hbond substituents is 1. The molecule has 0 atom stereocenters. The Kier molecular flexibility index (Phi) is 4.03. The Balaban J connectivity index is 2.36. The summed E-state index contributed by atoms with van der Waals surface area (Å²) in [7, 11) is -3.72. The highest BCUT2D eigenvalue weighted by atomic mass is 79.9. The van der Waals surface area contributed by atoms with Crippen molar-refractivity contribution in [2.75, 3.05) is 4.72 Å². The fourth-order valence-corrected chi connectivity index (χ4v) is 3.12. The van der Waals surface area contributed by atoms with Crippen LogP contribution in [0.15, 0.2) is 51.8 Å². The lowest BCUT2D eigenvalue weighted by atomic mass is 10.3. The van der Waals surface area contributed by atoms with Crippen LogP contribution >= 0.6 is 27.5 Å². The van der Waals surface area contributed by atoms with E-state index in [1.165, 1.54) is 30.3 Å². The number of hydrogen-bond donors (Lipinski definition) is 2. The van der Waals surface area contributed by atoms with Gasteiger partial charge in [0, 0.05) is 9.50 Å². The summed E-state index contributed by atoms with van der Waals surface area (Å²) >= 11 is 9.07. The van der Waals surface area contributed by atoms with Crippen molar-refractivity contribution >= 4 is 43.2 Å². The topological polar surface area (TPSA) is 66.4 Å². The first kappa shape index (κ1) is 14.2. The molecule has 19 heavy (non-hydrogen) atoms. The number of nitrogens with one attached hydrogen (secondary N) is 1. The standard InChI is InChI=1S/C12H9BrClNO3S/c13-11-6-1-8(14)7-12(11)15-19(17,18)10-4-2-9(16)3-5-10/h1-7,15-16H. The van der Waals surface area contributed by atoms with Gasteiger partial charge in [-0.3, -0.25) is 4.72 Å². The number of rotatable bonds is 3. The van der Waals surface area contributed by atoms with E-state index in [4.69, 9.17) is 16.7 Å². The van der Waals surface area contributed by atoms with Crippen molar-refractivity contribution < 1.29 is 13.5 Å². The van der Waals surface area contributed by atoms with Crippen LogP contribution in [0.4, 0.5) is 5.69 Å². The average Bonchev–Trinajstić information content (AvgIpc) is 2.34. The van der Waals surface area contributed by atoms with Crippen LogP contribution in [-0.4, -0.2) is 13.5 Å². The minimum absolute atomic E-state index is 0.00267. The molecule has 0 spiro atoms. The average molecular weight is 363 g/mol. The SMILES string of the molecule is O=S(=O)(Nc1cc(Cl)ccc1Br)c1ccc(O)cc1. The van der Waals surface area contributed by atoms with Crippen LogP contribution in [0.1, 0.15) is 0 Å². The molecule has 0 aliphatic rings. The molecule has 100 valence electrons. The lowest BCUT2D eigenvalue weighted by molar-refractivity contribution is 0.475. The number of sulfonamides is 1. The number of benzene rings is 2. The van der Waals surface area contributed by atoms with E-state index in [-0.39, 0.29) is 10.6 Å². The number of anilines is 1. The number of phenols is 1. The Hall–Kier alpha value is -1.24. The van der Waals surface area contributed by atoms with E-state index in [0.29, 0.717) is 15.2 Å². The zero-order valence-electron chi connectivity index (χ0n) is 9.47. The van der Waals surface area contributed by atoms with Gasteiger partial charge in [-0.2, -0.15) is 0 Å². The third-order valence-electron chi connectivity index (χ3n) is 2.32. The number of aromatic hydroxyl groups is 1. The smallest absolute Gasteiger partial charge is 0.261 e. The molecule has 2 aromatic carbocycles. The molecule has 2 N–H and O–H groups in total. The second kappa shape index (κ2) is 5.40. The number of hydrogen-bond acceptors (Lipinski definition) is 3. The summed E-state index contributed by atoms with van der Waals surface area (Å²) in [6.07, 6.45) is 0. The molecular weight excluding hydrogens is 354 g/mol. The van der Waals surface area contributed by atoms with E-state index in [1.54, 1.807) is 12.1 Å². The summed E-state index contributed by atoms with van der Waals surface area (Å²) in [5, 5.41) is 9.58. The Morgan fingerprint density at radius 1 is 1.11 bits per heavy atom. The largest absolute Gasteiger partial charge is 0.508 e. The Labute approximate surface area is 124 Å². The molecule has 0 saturated carbocycles. The highest BCUT2D eigenvalue weighted by molar-refractivity contribution is 9.10. The molecule has 4 nitrogen and oxygen atoms in total. The first-order valence-corrected chi connectivity index (χ1v) is 7.81. The molecule has 0 fully saturated rings. The molecule has 0 aliphatic carbocycles. The van der Waals surface area contributed by atoms with E-state index in [1.807, 2.05) is 0 Å². The van der Waals surface area contributed by atoms with Crippen molar-refractivity contribution in [2.45, 2.75) is 4.90 Å². The molecule has 7 heteroatoms. The zero-order chi connectivity index (χ0) is 14.0. The van der Waals surface area contributed by atoms with Crippen LogP contribution in [0.3, 0.4) is 0 Å². The summed E-state index contributed by atoms with van der Waals surface area (Å²) in [6, 6.07) is 10.0. The minimum Gasteiger partial charge on any atom is -0.508 e. The van der Waals surface area contributed by atoms with Crippen molar-refractivity contribution in [1.82, 2.24) is 0 Å². The highest BCUT2D eigenvalue weighted by Crippen LogP contribution is 2.28. The second-order valence-electron chi connectivity index (χ2n) is 3.72. The molecule has 0 heterocycles. The summed E-state index contributed by atoms with van der Waals surface area (Å²) in [5.74, 6) is 0.00267. The molecule has 0 unspecified atom stereocenters. The van der Waals surface area contributed by atoms with Gasteiger partial charge in [-0.15, -0.1) is 0 Å². The van der Waals surface area contributed by atoms with Crippen LogP contribution in [0.2, 0.25) is 5.02 Å². The predicted molar refractivity (Wildman–Crippen MR) is 78.1 cm³/mol. The highest BCUT2D eigenvalue weighted by Gasteiger charge is 2.15. The van der Waals surface area contributed by atoms with Gasteiger partial charge in [0.25, 0.3) is 10.0 Å². The fourth-order valence-electron chi connectivity index (χ4n) is 1.40. The lowest BCUT2D eigenvalue weighted by Crippen LogP contribution is -2.13. The minimum atomic E-state index is -3.72. The molecule has 0 radical (unpaired) electrons. The maximum atomic E-state index is 12.1. The van der Waals surface area contributed by atoms with Crippen molar-refractivity contribution in [3.63, 3.8) is 0 Å². The fraction of sp³-hybridized carbons (Fsp3) is 0. The van der Waals surface area contributed by atoms with Gasteiger partial charge in [-0.05, 0) is 58.4 Å². The Bertz CT molecular complexity index is 701. The van der Waals surface area contributed by atoms with Crippen molar-refractivity contribution in [2.24, 2.45) is 0 Å². The summed E-state index contributed by atoms with van der Waals surface area (Å²) in [5.41, 5.74) is 0.348. The van der Waals surface area contributed by atoms with Crippen LogP contribution in [0.25, 0.3) is 0 Å². The third kappa shape index (κ3) is 3.40. The Morgan fingerprint density at radius 2 is 1.74 bits per heavy atom. The van der Waals surface area contributed by atoms with E-state index < -0.39 is 10.0 Å². The Morgan fingerprint density at radius 3 is 2.37 bits per heavy atom. The van der Waals surface area contributed by atoms with Gasteiger partial charge in [0.1, 0.15) is 5.75 Å². The first-order chi connectivity index (χ1) is 8.88. The van der Waals surface area contributed by atoms with Crippen molar-refractivity contribution in [3.8, 4) is 5.75 Å². The molecule has 0 aliphatic heterocycles. The van der Waals surface area contributed by atoms with Crippen LogP contribution < -0.4 is 4.72 Å². The molecular formula is C12H9BrClNO3S. The van der Waals surface area contributed by atoms with Crippen LogP contribution in [0.5, 0.6) is 5.75 Å². The maximum Gasteiger partial charge on any atom is 0.261 e. The zero-order valence-corrected chi connectivity index (χ0v) is 12.6. The van der Waals surface area contributed by atoms with Crippen LogP contribution in [0, 0.1) is 0 Å².